The van der Waals surface area contributed by atoms with Gasteiger partial charge in [0.05, 0.1) is 13.2 Å². The summed E-state index contributed by atoms with van der Waals surface area (Å²) in [7, 11) is 0. The third-order valence-corrected chi connectivity index (χ3v) is 2.37. The lowest BCUT2D eigenvalue weighted by molar-refractivity contribution is -0.128. The Balaban J connectivity index is 2.23. The Kier molecular flexibility index (Phi) is 4.18. The molecule has 1 saturated heterocycles. The van der Waals surface area contributed by atoms with Gasteiger partial charge in [-0.15, -0.1) is 0 Å². The van der Waals surface area contributed by atoms with Gasteiger partial charge in [0.1, 0.15) is 0 Å². The average Bonchev–Trinajstić information content (AvgIpc) is 2.62. The molecule has 0 unspecified atom stereocenters. The number of amides is 1. The Morgan fingerprint density at radius 3 is 3.08 bits per heavy atom. The van der Waals surface area contributed by atoms with E-state index in [1.807, 2.05) is 11.8 Å². The van der Waals surface area contributed by atoms with Gasteiger partial charge in [0.15, 0.2) is 0 Å². The fourth-order valence-corrected chi connectivity index (χ4v) is 1.61. The van der Waals surface area contributed by atoms with Crippen LogP contribution in [0.4, 0.5) is 0 Å². The van der Waals surface area contributed by atoms with Crippen LogP contribution < -0.4 is 5.73 Å². The van der Waals surface area contributed by atoms with Crippen molar-refractivity contribution in [3.8, 4) is 0 Å². The topological polar surface area (TPSA) is 55.6 Å². The standard InChI is InChI=1S/C9H18N2O2/c1-2-13-7-8-3-4-11(6-8)9(12)5-10/h8H,2-7,10H2,1H3/t8-/m1/s1. The molecule has 76 valence electrons. The highest BCUT2D eigenvalue weighted by Crippen LogP contribution is 2.16. The predicted octanol–water partition coefficient (Wildman–Crippen LogP) is -0.170. The number of nitrogens with two attached hydrogens (primary N) is 1. The maximum atomic E-state index is 11.2. The van der Waals surface area contributed by atoms with E-state index >= 15 is 0 Å². The lowest BCUT2D eigenvalue weighted by atomic mass is 10.1. The van der Waals surface area contributed by atoms with E-state index in [-0.39, 0.29) is 12.5 Å². The van der Waals surface area contributed by atoms with Gasteiger partial charge < -0.3 is 15.4 Å². The molecule has 0 aliphatic carbocycles. The van der Waals surface area contributed by atoms with Gasteiger partial charge in [-0.1, -0.05) is 0 Å². The molecule has 1 heterocycles. The van der Waals surface area contributed by atoms with E-state index < -0.39 is 0 Å². The summed E-state index contributed by atoms with van der Waals surface area (Å²) in [6.45, 7) is 5.29. The number of carbonyl (C=O) groups is 1. The SMILES string of the molecule is CCOC[C@@H]1CCN(C(=O)CN)C1. The number of hydrogen-bond donors (Lipinski definition) is 1. The Morgan fingerprint density at radius 1 is 1.69 bits per heavy atom. The molecule has 1 rings (SSSR count). The molecule has 0 radical (unpaired) electrons. The average molecular weight is 186 g/mol. The van der Waals surface area contributed by atoms with Crippen LogP contribution in [0.3, 0.4) is 0 Å². The summed E-state index contributed by atoms with van der Waals surface area (Å²) in [6, 6.07) is 0. The van der Waals surface area contributed by atoms with Gasteiger partial charge in [0, 0.05) is 25.6 Å². The van der Waals surface area contributed by atoms with Crippen LogP contribution in [0.15, 0.2) is 0 Å². The van der Waals surface area contributed by atoms with Crippen molar-refractivity contribution < 1.29 is 9.53 Å². The second-order valence-corrected chi connectivity index (χ2v) is 3.36. The summed E-state index contributed by atoms with van der Waals surface area (Å²) in [5.74, 6) is 0.564. The number of carbonyl (C=O) groups excluding carboxylic acids is 1. The molecule has 1 atom stereocenters. The first-order chi connectivity index (χ1) is 6.27. The number of ether oxygens (including phenoxy) is 1. The fourth-order valence-electron chi connectivity index (χ4n) is 1.61. The monoisotopic (exact) mass is 186 g/mol. The Hall–Kier alpha value is -0.610. The van der Waals surface area contributed by atoms with E-state index in [0.717, 1.165) is 32.7 Å². The summed E-state index contributed by atoms with van der Waals surface area (Å²) in [5, 5.41) is 0. The van der Waals surface area contributed by atoms with Crippen LogP contribution in [-0.2, 0) is 9.53 Å². The van der Waals surface area contributed by atoms with Gasteiger partial charge in [0.2, 0.25) is 5.91 Å². The summed E-state index contributed by atoms with van der Waals surface area (Å²) in [4.78, 5) is 13.0. The van der Waals surface area contributed by atoms with Crippen molar-refractivity contribution in [1.82, 2.24) is 4.90 Å². The normalized spacial score (nSPS) is 22.3. The second-order valence-electron chi connectivity index (χ2n) is 3.36. The van der Waals surface area contributed by atoms with Crippen LogP contribution >= 0.6 is 0 Å². The molecular formula is C9H18N2O2. The minimum absolute atomic E-state index is 0.0546. The minimum atomic E-state index is 0.0546. The number of rotatable bonds is 4. The molecule has 0 aromatic rings. The zero-order valence-corrected chi connectivity index (χ0v) is 8.16. The van der Waals surface area contributed by atoms with Gasteiger partial charge in [-0.05, 0) is 13.3 Å². The molecule has 1 fully saturated rings. The fraction of sp³-hybridized carbons (Fsp3) is 0.889. The maximum Gasteiger partial charge on any atom is 0.236 e. The molecular weight excluding hydrogens is 168 g/mol. The first-order valence-corrected chi connectivity index (χ1v) is 4.83. The van der Waals surface area contributed by atoms with Gasteiger partial charge in [0.25, 0.3) is 0 Å². The summed E-state index contributed by atoms with van der Waals surface area (Å²) >= 11 is 0. The van der Waals surface area contributed by atoms with Crippen molar-refractivity contribution >= 4 is 5.91 Å². The molecule has 0 saturated carbocycles. The van der Waals surface area contributed by atoms with Crippen molar-refractivity contribution in [2.45, 2.75) is 13.3 Å². The smallest absolute Gasteiger partial charge is 0.236 e. The summed E-state index contributed by atoms with van der Waals surface area (Å²) in [6.07, 6.45) is 1.05. The number of hydrogen-bond acceptors (Lipinski definition) is 3. The lowest BCUT2D eigenvalue weighted by Gasteiger charge is -2.15. The van der Waals surface area contributed by atoms with Gasteiger partial charge in [-0.2, -0.15) is 0 Å². The molecule has 0 aromatic carbocycles. The Morgan fingerprint density at radius 2 is 2.46 bits per heavy atom. The molecule has 1 aliphatic rings. The summed E-state index contributed by atoms with van der Waals surface area (Å²) in [5.41, 5.74) is 5.27. The molecule has 0 spiro atoms. The van der Waals surface area contributed by atoms with E-state index in [1.165, 1.54) is 0 Å². The third-order valence-electron chi connectivity index (χ3n) is 2.37. The largest absolute Gasteiger partial charge is 0.381 e. The predicted molar refractivity (Wildman–Crippen MR) is 50.2 cm³/mol. The molecule has 1 amide bonds. The van der Waals surface area contributed by atoms with Crippen LogP contribution in [0.1, 0.15) is 13.3 Å². The van der Waals surface area contributed by atoms with E-state index in [0.29, 0.717) is 5.92 Å². The zero-order chi connectivity index (χ0) is 9.68. The van der Waals surface area contributed by atoms with Gasteiger partial charge in [-0.3, -0.25) is 4.79 Å². The molecule has 4 heteroatoms. The van der Waals surface area contributed by atoms with Gasteiger partial charge >= 0.3 is 0 Å². The van der Waals surface area contributed by atoms with Crippen molar-refractivity contribution in [2.75, 3.05) is 32.8 Å². The highest BCUT2D eigenvalue weighted by Gasteiger charge is 2.24. The molecule has 1 aliphatic heterocycles. The highest BCUT2D eigenvalue weighted by atomic mass is 16.5. The van der Waals surface area contributed by atoms with E-state index in [4.69, 9.17) is 10.5 Å². The quantitative estimate of drug-likeness (QED) is 0.663. The lowest BCUT2D eigenvalue weighted by Crippen LogP contribution is -2.34. The number of nitrogens with zero attached hydrogens (tertiary/aromatic N) is 1. The third kappa shape index (κ3) is 2.97. The van der Waals surface area contributed by atoms with E-state index in [1.54, 1.807) is 0 Å². The molecule has 4 nitrogen and oxygen atoms in total. The molecule has 0 aromatic heterocycles. The Labute approximate surface area is 79.0 Å². The first-order valence-electron chi connectivity index (χ1n) is 4.83. The molecule has 2 N–H and O–H groups in total. The van der Waals surface area contributed by atoms with Crippen molar-refractivity contribution in [2.24, 2.45) is 11.7 Å². The van der Waals surface area contributed by atoms with E-state index in [2.05, 4.69) is 0 Å². The van der Waals surface area contributed by atoms with Crippen LogP contribution in [0.25, 0.3) is 0 Å². The number of likely N-dealkylation sites (tertiary alicyclic amines) is 1. The summed E-state index contributed by atoms with van der Waals surface area (Å²) < 4.78 is 5.31. The minimum Gasteiger partial charge on any atom is -0.381 e. The van der Waals surface area contributed by atoms with Crippen LogP contribution in [-0.4, -0.2) is 43.7 Å². The van der Waals surface area contributed by atoms with Crippen molar-refractivity contribution in [1.29, 1.82) is 0 Å². The van der Waals surface area contributed by atoms with Crippen LogP contribution in [0.2, 0.25) is 0 Å². The van der Waals surface area contributed by atoms with Crippen LogP contribution in [0.5, 0.6) is 0 Å². The van der Waals surface area contributed by atoms with Crippen molar-refractivity contribution in [3.05, 3.63) is 0 Å². The zero-order valence-electron chi connectivity index (χ0n) is 8.16. The maximum absolute atomic E-state index is 11.2. The van der Waals surface area contributed by atoms with E-state index in [9.17, 15) is 4.79 Å². The second kappa shape index (κ2) is 5.19. The van der Waals surface area contributed by atoms with Crippen LogP contribution in [0, 0.1) is 5.92 Å². The van der Waals surface area contributed by atoms with Gasteiger partial charge in [-0.25, -0.2) is 0 Å². The van der Waals surface area contributed by atoms with Crippen molar-refractivity contribution in [3.63, 3.8) is 0 Å². The first kappa shape index (κ1) is 10.5. The molecule has 0 bridgehead atoms. The Bertz CT molecular complexity index is 173. The highest BCUT2D eigenvalue weighted by molar-refractivity contribution is 5.78. The molecule has 13 heavy (non-hydrogen) atoms.